The average Bonchev–Trinajstić information content (AvgIpc) is 2.33. The van der Waals surface area contributed by atoms with Gasteiger partial charge in [0.15, 0.2) is 0 Å². The van der Waals surface area contributed by atoms with E-state index in [-0.39, 0.29) is 0 Å². The van der Waals surface area contributed by atoms with Gasteiger partial charge in [-0.1, -0.05) is 18.2 Å². The summed E-state index contributed by atoms with van der Waals surface area (Å²) in [6, 6.07) is 9.91. The number of ether oxygens (including phenoxy) is 1. The lowest BCUT2D eigenvalue weighted by Crippen LogP contribution is -2.05. The minimum atomic E-state index is 0.400. The monoisotopic (exact) mass is 215 g/mol. The molecule has 0 fully saturated rings. The van der Waals surface area contributed by atoms with Gasteiger partial charge in [-0.15, -0.1) is 0 Å². The van der Waals surface area contributed by atoms with Gasteiger partial charge in [-0.05, 0) is 17.7 Å². The van der Waals surface area contributed by atoms with E-state index in [2.05, 4.69) is 9.97 Å². The summed E-state index contributed by atoms with van der Waals surface area (Å²) in [6.45, 7) is 0.526. The van der Waals surface area contributed by atoms with Crippen molar-refractivity contribution < 1.29 is 4.74 Å². The summed E-state index contributed by atoms with van der Waals surface area (Å²) in [6.07, 6.45) is 4.06. The predicted molar refractivity (Wildman–Crippen MR) is 62.1 cm³/mol. The lowest BCUT2D eigenvalue weighted by atomic mass is 10.1. The number of anilines is 1. The molecule has 16 heavy (non-hydrogen) atoms. The van der Waals surface area contributed by atoms with Gasteiger partial charge >= 0.3 is 6.01 Å². The van der Waals surface area contributed by atoms with Crippen LogP contribution in [0.1, 0.15) is 5.56 Å². The summed E-state index contributed by atoms with van der Waals surface area (Å²) >= 11 is 0. The van der Waals surface area contributed by atoms with E-state index < -0.39 is 0 Å². The molecule has 0 atom stereocenters. The third-order valence-electron chi connectivity index (χ3n) is 2.20. The van der Waals surface area contributed by atoms with Crippen molar-refractivity contribution in [1.82, 2.24) is 9.97 Å². The second-order valence-electron chi connectivity index (χ2n) is 3.33. The van der Waals surface area contributed by atoms with Crippen molar-refractivity contribution in [2.75, 3.05) is 12.3 Å². The van der Waals surface area contributed by atoms with E-state index in [1.165, 1.54) is 0 Å². The topological polar surface area (TPSA) is 61.0 Å². The van der Waals surface area contributed by atoms with Crippen molar-refractivity contribution in [3.8, 4) is 6.01 Å². The van der Waals surface area contributed by atoms with Crippen LogP contribution >= 0.6 is 0 Å². The van der Waals surface area contributed by atoms with Gasteiger partial charge in [-0.2, -0.15) is 0 Å². The lowest BCUT2D eigenvalue weighted by molar-refractivity contribution is 0.296. The molecule has 1 heterocycles. The molecule has 0 amide bonds. The van der Waals surface area contributed by atoms with Gasteiger partial charge in [0.05, 0.1) is 6.61 Å². The first-order valence-corrected chi connectivity index (χ1v) is 5.09. The highest BCUT2D eigenvalue weighted by atomic mass is 16.5. The van der Waals surface area contributed by atoms with Crippen LogP contribution in [0.4, 0.5) is 5.69 Å². The molecule has 0 aliphatic carbocycles. The Hall–Kier alpha value is -2.10. The molecular formula is C12H13N3O. The Morgan fingerprint density at radius 3 is 2.56 bits per heavy atom. The molecule has 2 aromatic rings. The molecule has 0 saturated heterocycles. The minimum absolute atomic E-state index is 0.400. The van der Waals surface area contributed by atoms with Crippen LogP contribution in [0.15, 0.2) is 42.7 Å². The van der Waals surface area contributed by atoms with E-state index >= 15 is 0 Å². The maximum Gasteiger partial charge on any atom is 0.316 e. The van der Waals surface area contributed by atoms with Gasteiger partial charge < -0.3 is 10.5 Å². The number of para-hydroxylation sites is 1. The van der Waals surface area contributed by atoms with E-state index in [0.29, 0.717) is 12.6 Å². The normalized spacial score (nSPS) is 10.0. The second-order valence-corrected chi connectivity index (χ2v) is 3.33. The number of aromatic nitrogens is 2. The molecule has 82 valence electrons. The Bertz CT molecular complexity index is 445. The van der Waals surface area contributed by atoms with Crippen LogP contribution < -0.4 is 10.5 Å². The van der Waals surface area contributed by atoms with Gasteiger partial charge in [-0.3, -0.25) is 0 Å². The third kappa shape index (κ3) is 2.70. The summed E-state index contributed by atoms with van der Waals surface area (Å²) in [7, 11) is 0. The van der Waals surface area contributed by atoms with E-state index in [1.54, 1.807) is 18.5 Å². The molecule has 0 aliphatic rings. The van der Waals surface area contributed by atoms with Gasteiger partial charge in [0, 0.05) is 24.5 Å². The Morgan fingerprint density at radius 1 is 1.06 bits per heavy atom. The van der Waals surface area contributed by atoms with Crippen molar-refractivity contribution in [3.05, 3.63) is 48.3 Å². The first-order valence-electron chi connectivity index (χ1n) is 5.09. The molecule has 1 aromatic heterocycles. The van der Waals surface area contributed by atoms with Crippen molar-refractivity contribution in [2.24, 2.45) is 0 Å². The van der Waals surface area contributed by atoms with E-state index in [1.807, 2.05) is 24.3 Å². The van der Waals surface area contributed by atoms with Gasteiger partial charge in [0.1, 0.15) is 0 Å². The van der Waals surface area contributed by atoms with Crippen LogP contribution in [-0.2, 0) is 6.42 Å². The fourth-order valence-corrected chi connectivity index (χ4v) is 1.37. The maximum absolute atomic E-state index is 5.81. The molecule has 2 N–H and O–H groups in total. The molecule has 0 radical (unpaired) electrons. The molecule has 0 saturated carbocycles. The van der Waals surface area contributed by atoms with Crippen LogP contribution in [0.25, 0.3) is 0 Å². The van der Waals surface area contributed by atoms with E-state index in [0.717, 1.165) is 17.7 Å². The largest absolute Gasteiger partial charge is 0.463 e. The summed E-state index contributed by atoms with van der Waals surface area (Å²) in [4.78, 5) is 7.94. The highest BCUT2D eigenvalue weighted by Crippen LogP contribution is 2.11. The first kappa shape index (κ1) is 10.4. The van der Waals surface area contributed by atoms with Crippen LogP contribution in [-0.4, -0.2) is 16.6 Å². The number of benzene rings is 1. The fraction of sp³-hybridized carbons (Fsp3) is 0.167. The molecule has 1 aromatic carbocycles. The van der Waals surface area contributed by atoms with Crippen molar-refractivity contribution in [2.45, 2.75) is 6.42 Å². The zero-order valence-corrected chi connectivity index (χ0v) is 8.84. The van der Waals surface area contributed by atoms with Crippen LogP contribution in [0, 0.1) is 0 Å². The molecule has 0 unspecified atom stereocenters. The zero-order chi connectivity index (χ0) is 11.2. The maximum atomic E-state index is 5.81. The summed E-state index contributed by atoms with van der Waals surface area (Å²) in [5.41, 5.74) is 7.69. The highest BCUT2D eigenvalue weighted by molar-refractivity contribution is 5.46. The Balaban J connectivity index is 1.87. The third-order valence-corrected chi connectivity index (χ3v) is 2.20. The van der Waals surface area contributed by atoms with Crippen molar-refractivity contribution in [3.63, 3.8) is 0 Å². The van der Waals surface area contributed by atoms with Crippen LogP contribution in [0.5, 0.6) is 6.01 Å². The minimum Gasteiger partial charge on any atom is -0.463 e. The molecule has 0 aliphatic heterocycles. The second kappa shape index (κ2) is 5.11. The molecule has 0 spiro atoms. The Labute approximate surface area is 94.1 Å². The highest BCUT2D eigenvalue weighted by Gasteiger charge is 1.99. The first-order chi connectivity index (χ1) is 7.86. The SMILES string of the molecule is Nc1ccccc1CCOc1ncccn1. The number of nitrogens with zero attached hydrogens (tertiary/aromatic N) is 2. The predicted octanol–water partition coefficient (Wildman–Crippen LogP) is 1.68. The van der Waals surface area contributed by atoms with Gasteiger partial charge in [0.25, 0.3) is 0 Å². The number of nitrogen functional groups attached to an aromatic ring is 1. The van der Waals surface area contributed by atoms with E-state index in [9.17, 15) is 0 Å². The average molecular weight is 215 g/mol. The summed E-state index contributed by atoms with van der Waals surface area (Å²) < 4.78 is 5.39. The zero-order valence-electron chi connectivity index (χ0n) is 8.84. The number of rotatable bonds is 4. The molecule has 4 heteroatoms. The van der Waals surface area contributed by atoms with E-state index in [4.69, 9.17) is 10.5 Å². The summed E-state index contributed by atoms with van der Waals surface area (Å²) in [5.74, 6) is 0. The van der Waals surface area contributed by atoms with Crippen LogP contribution in [0.3, 0.4) is 0 Å². The standard InChI is InChI=1S/C12H13N3O/c13-11-5-2-1-4-10(11)6-9-16-12-14-7-3-8-15-12/h1-5,7-8H,6,9,13H2. The van der Waals surface area contributed by atoms with Crippen molar-refractivity contribution in [1.29, 1.82) is 0 Å². The molecule has 2 rings (SSSR count). The smallest absolute Gasteiger partial charge is 0.316 e. The van der Waals surface area contributed by atoms with Gasteiger partial charge in [0.2, 0.25) is 0 Å². The quantitative estimate of drug-likeness (QED) is 0.788. The molecule has 0 bridgehead atoms. The fourth-order valence-electron chi connectivity index (χ4n) is 1.37. The van der Waals surface area contributed by atoms with Crippen molar-refractivity contribution >= 4 is 5.69 Å². The summed E-state index contributed by atoms with van der Waals surface area (Å²) in [5, 5.41) is 0. The Morgan fingerprint density at radius 2 is 1.81 bits per heavy atom. The molecule has 4 nitrogen and oxygen atoms in total. The Kier molecular flexibility index (Phi) is 3.33. The number of hydrogen-bond donors (Lipinski definition) is 1. The van der Waals surface area contributed by atoms with Crippen LogP contribution in [0.2, 0.25) is 0 Å². The lowest BCUT2D eigenvalue weighted by Gasteiger charge is -2.05. The molecular weight excluding hydrogens is 202 g/mol. The number of nitrogens with two attached hydrogens (primary N) is 1. The van der Waals surface area contributed by atoms with Gasteiger partial charge in [-0.25, -0.2) is 9.97 Å². The number of hydrogen-bond acceptors (Lipinski definition) is 4.